The molecule has 0 spiro atoms. The molecule has 0 unspecified atom stereocenters. The molecule has 0 radical (unpaired) electrons. The second kappa shape index (κ2) is 12.6. The van der Waals surface area contributed by atoms with Crippen LogP contribution in [0.1, 0.15) is 24.2 Å². The van der Waals surface area contributed by atoms with Gasteiger partial charge >= 0.3 is 0 Å². The van der Waals surface area contributed by atoms with Crippen LogP contribution < -0.4 is 9.04 Å². The summed E-state index contributed by atoms with van der Waals surface area (Å²) in [5, 5.41) is 49.9. The molecule has 2 heterocycles. The van der Waals surface area contributed by atoms with Crippen LogP contribution in [-0.2, 0) is 10.0 Å². The predicted octanol–water partition coefficient (Wildman–Crippen LogP) is 4.03. The first kappa shape index (κ1) is 29.9. The number of aromatic nitrogens is 4. The van der Waals surface area contributed by atoms with Gasteiger partial charge in [0.15, 0.2) is 11.5 Å². The number of para-hydroxylation sites is 1. The van der Waals surface area contributed by atoms with E-state index in [-0.39, 0.29) is 34.6 Å². The maximum absolute atomic E-state index is 14.1. The van der Waals surface area contributed by atoms with Crippen LogP contribution in [0.2, 0.25) is 0 Å². The van der Waals surface area contributed by atoms with Gasteiger partial charge in [0.25, 0.3) is 0 Å². The molecule has 0 saturated heterocycles. The van der Waals surface area contributed by atoms with Gasteiger partial charge in [0.1, 0.15) is 22.4 Å². The minimum absolute atomic E-state index is 0.0287. The van der Waals surface area contributed by atoms with E-state index in [4.69, 9.17) is 10.00 Å². The van der Waals surface area contributed by atoms with Gasteiger partial charge in [-0.05, 0) is 48.2 Å². The van der Waals surface area contributed by atoms with Crippen molar-refractivity contribution in [2.75, 3.05) is 11.4 Å². The molecule has 3 N–H and O–H groups in total. The zero-order valence-electron chi connectivity index (χ0n) is 21.4. The van der Waals surface area contributed by atoms with Crippen LogP contribution in [0.4, 0.5) is 5.95 Å². The SMILES string of the molecule is COc1cc#cc(-c2nnc(N(/C=C/SI)S(=O)(=O)[C@@H](C)[C@@H](O)c3ccc(C#N)cc3)n2-c2c(O)cccc2O)n1. The Balaban J connectivity index is 1.93. The fraction of sp³-hybridized carbons (Fsp3) is 0.154. The van der Waals surface area contributed by atoms with Gasteiger partial charge in [-0.2, -0.15) is 5.26 Å². The van der Waals surface area contributed by atoms with Gasteiger partial charge < -0.3 is 20.1 Å². The summed E-state index contributed by atoms with van der Waals surface area (Å²) >= 11 is 1.94. The molecule has 0 saturated carbocycles. The lowest BCUT2D eigenvalue weighted by molar-refractivity contribution is 0.176. The van der Waals surface area contributed by atoms with Crippen molar-refractivity contribution in [2.24, 2.45) is 0 Å². The second-order valence-electron chi connectivity index (χ2n) is 8.32. The number of sulfonamides is 1. The molecule has 4 rings (SSSR count). The average Bonchev–Trinajstić information content (AvgIpc) is 3.40. The van der Waals surface area contributed by atoms with Crippen LogP contribution in [-0.4, -0.2) is 55.8 Å². The summed E-state index contributed by atoms with van der Waals surface area (Å²) in [6.45, 7) is 1.32. The summed E-state index contributed by atoms with van der Waals surface area (Å²) in [7, 11) is -1.90. The minimum atomic E-state index is -4.46. The van der Waals surface area contributed by atoms with E-state index in [0.717, 1.165) is 8.87 Å². The number of anilines is 1. The van der Waals surface area contributed by atoms with E-state index in [1.807, 2.05) is 27.3 Å². The summed E-state index contributed by atoms with van der Waals surface area (Å²) in [6, 6.07) is 18.8. The minimum Gasteiger partial charge on any atom is -0.506 e. The van der Waals surface area contributed by atoms with Crippen LogP contribution in [0.15, 0.2) is 60.1 Å². The fourth-order valence-corrected chi connectivity index (χ4v) is 5.84. The number of hydrogen-bond donors (Lipinski definition) is 3. The summed E-state index contributed by atoms with van der Waals surface area (Å²) in [6.07, 6.45) is -0.279. The van der Waals surface area contributed by atoms with Crippen LogP contribution in [0.25, 0.3) is 17.2 Å². The molecule has 0 aliphatic carbocycles. The predicted molar refractivity (Wildman–Crippen MR) is 160 cm³/mol. The van der Waals surface area contributed by atoms with E-state index in [1.165, 1.54) is 83.1 Å². The van der Waals surface area contributed by atoms with Gasteiger partial charge in [-0.15, -0.1) is 10.2 Å². The van der Waals surface area contributed by atoms with Crippen molar-refractivity contribution >= 4 is 46.1 Å². The number of aliphatic hydroxyl groups excluding tert-OH is 1. The Kier molecular flexibility index (Phi) is 9.24. The molecular formula is C26H21IN6O6S2. The van der Waals surface area contributed by atoms with Gasteiger partial charge in [-0.3, -0.25) is 4.57 Å². The van der Waals surface area contributed by atoms with E-state index < -0.39 is 32.9 Å². The van der Waals surface area contributed by atoms with E-state index in [2.05, 4.69) is 27.3 Å². The van der Waals surface area contributed by atoms with Gasteiger partial charge in [0.2, 0.25) is 21.9 Å². The number of nitriles is 1. The van der Waals surface area contributed by atoms with Crippen LogP contribution in [0, 0.1) is 23.5 Å². The Morgan fingerprint density at radius 2 is 1.88 bits per heavy atom. The quantitative estimate of drug-likeness (QED) is 0.203. The molecule has 41 heavy (non-hydrogen) atoms. The number of aliphatic hydroxyl groups is 1. The normalized spacial score (nSPS) is 12.9. The Morgan fingerprint density at radius 1 is 1.20 bits per heavy atom. The first-order chi connectivity index (χ1) is 19.6. The molecule has 15 heteroatoms. The smallest absolute Gasteiger partial charge is 0.250 e. The van der Waals surface area contributed by atoms with Crippen molar-refractivity contribution < 1.29 is 28.5 Å². The van der Waals surface area contributed by atoms with Crippen molar-refractivity contribution in [2.45, 2.75) is 18.3 Å². The molecule has 4 aromatic rings. The molecule has 0 aliphatic heterocycles. The second-order valence-corrected chi connectivity index (χ2v) is 12.5. The number of rotatable bonds is 10. The van der Waals surface area contributed by atoms with Crippen molar-refractivity contribution in [1.29, 1.82) is 5.26 Å². The van der Waals surface area contributed by atoms with E-state index in [9.17, 15) is 23.7 Å². The Hall–Kier alpha value is -4.03. The number of ether oxygens (including phenoxy) is 1. The third-order valence-corrected chi connectivity index (χ3v) is 9.04. The molecule has 0 amide bonds. The maximum Gasteiger partial charge on any atom is 0.250 e. The largest absolute Gasteiger partial charge is 0.506 e. The summed E-state index contributed by atoms with van der Waals surface area (Å²) in [4.78, 5) is 4.27. The molecule has 12 nitrogen and oxygen atoms in total. The topological polar surface area (TPSA) is 175 Å². The zero-order chi connectivity index (χ0) is 29.7. The Morgan fingerprint density at radius 3 is 2.49 bits per heavy atom. The first-order valence-electron chi connectivity index (χ1n) is 11.6. The number of aromatic hydroxyl groups is 2. The number of halogens is 1. The maximum atomic E-state index is 14.1. The number of phenolic OH excluding ortho intramolecular Hbond substituents is 2. The van der Waals surface area contributed by atoms with Gasteiger partial charge in [0, 0.05) is 27.4 Å². The van der Waals surface area contributed by atoms with Crippen LogP contribution in [0.3, 0.4) is 0 Å². The number of phenols is 2. The van der Waals surface area contributed by atoms with Crippen LogP contribution >= 0.6 is 30.1 Å². The molecular weight excluding hydrogens is 683 g/mol. The van der Waals surface area contributed by atoms with E-state index >= 15 is 0 Å². The Bertz CT molecular complexity index is 1700. The highest BCUT2D eigenvalue weighted by atomic mass is 127. The monoisotopic (exact) mass is 704 g/mol. The molecule has 2 aromatic heterocycles. The molecule has 2 atom stereocenters. The van der Waals surface area contributed by atoms with E-state index in [1.54, 1.807) is 0 Å². The van der Waals surface area contributed by atoms with Crippen LogP contribution in [0.5, 0.6) is 17.4 Å². The molecule has 0 aliphatic rings. The standard InChI is InChI=1S/C26H21IN6O6S2/c1-16(24(36)18-11-9-17(15-28)10-12-18)41(37,38)32(13-14-40-27)26-31-30-25(19-5-3-8-22(29-19)39-2)33(26)23-20(34)6-4-7-21(23)35/h4,6-14,16,24,34-36H,1-2H3/b14-13+/t16-,24+/m0/s1. The lowest BCUT2D eigenvalue weighted by Crippen LogP contribution is -2.38. The fourth-order valence-electron chi connectivity index (χ4n) is 3.79. The summed E-state index contributed by atoms with van der Waals surface area (Å²) in [5.74, 6) is -1.11. The van der Waals surface area contributed by atoms with Crippen molar-refractivity contribution in [1.82, 2.24) is 19.7 Å². The van der Waals surface area contributed by atoms with Gasteiger partial charge in [-0.25, -0.2) is 17.7 Å². The number of hydrogen-bond acceptors (Lipinski definition) is 11. The number of benzene rings is 2. The van der Waals surface area contributed by atoms with Gasteiger partial charge in [0.05, 0.1) is 30.9 Å². The Labute approximate surface area is 252 Å². The highest BCUT2D eigenvalue weighted by Crippen LogP contribution is 2.38. The highest BCUT2D eigenvalue weighted by Gasteiger charge is 2.38. The van der Waals surface area contributed by atoms with E-state index in [0.29, 0.717) is 5.56 Å². The average molecular weight is 705 g/mol. The van der Waals surface area contributed by atoms with Crippen molar-refractivity contribution in [3.8, 4) is 40.7 Å². The lowest BCUT2D eigenvalue weighted by Gasteiger charge is -2.27. The molecule has 0 fully saturated rings. The molecule has 210 valence electrons. The zero-order valence-corrected chi connectivity index (χ0v) is 25.2. The van der Waals surface area contributed by atoms with Crippen molar-refractivity contribution in [3.63, 3.8) is 0 Å². The molecule has 2 aromatic carbocycles. The van der Waals surface area contributed by atoms with Crippen molar-refractivity contribution in [3.05, 3.63) is 83.4 Å². The summed E-state index contributed by atoms with van der Waals surface area (Å²) in [5.41, 5.74) is 0.430. The number of methoxy groups -OCH3 is 1. The number of nitrogens with zero attached hydrogens (tertiary/aromatic N) is 6. The third-order valence-electron chi connectivity index (χ3n) is 5.91. The first-order valence-corrected chi connectivity index (χ1v) is 16.5. The third kappa shape index (κ3) is 6.03. The summed E-state index contributed by atoms with van der Waals surface area (Å²) < 4.78 is 35.2. The highest BCUT2D eigenvalue weighted by molar-refractivity contribution is 14.2. The lowest BCUT2D eigenvalue weighted by atomic mass is 10.1. The molecule has 0 bridgehead atoms. The van der Waals surface area contributed by atoms with Gasteiger partial charge in [-0.1, -0.05) is 33.2 Å².